The fourth-order valence-corrected chi connectivity index (χ4v) is 3.33. The van der Waals surface area contributed by atoms with E-state index in [4.69, 9.17) is 11.6 Å². The highest BCUT2D eigenvalue weighted by Gasteiger charge is 2.17. The Bertz CT molecular complexity index is 656. The summed E-state index contributed by atoms with van der Waals surface area (Å²) in [5.74, 6) is 0. The molecular formula is C12H9ClINO2S. The van der Waals surface area contributed by atoms with E-state index in [9.17, 15) is 8.42 Å². The molecule has 6 heteroatoms. The molecule has 0 aromatic heterocycles. The molecule has 3 nitrogen and oxygen atoms in total. The smallest absolute Gasteiger partial charge is 0.263 e. The molecule has 2 aromatic rings. The third-order valence-electron chi connectivity index (χ3n) is 2.22. The SMILES string of the molecule is O=S(=O)(Nc1ccc(I)cc1)c1ccccc1Cl. The van der Waals surface area contributed by atoms with Crippen LogP contribution in [0.15, 0.2) is 53.4 Å². The average Bonchev–Trinajstić information content (AvgIpc) is 2.32. The third kappa shape index (κ3) is 3.15. The van der Waals surface area contributed by atoms with E-state index in [0.29, 0.717) is 5.69 Å². The topological polar surface area (TPSA) is 46.2 Å². The van der Waals surface area contributed by atoms with E-state index < -0.39 is 10.0 Å². The first-order valence-electron chi connectivity index (χ1n) is 5.02. The zero-order valence-electron chi connectivity index (χ0n) is 9.10. The van der Waals surface area contributed by atoms with Crippen LogP contribution in [0.5, 0.6) is 0 Å². The van der Waals surface area contributed by atoms with Gasteiger partial charge in [-0.15, -0.1) is 0 Å². The summed E-state index contributed by atoms with van der Waals surface area (Å²) in [6.45, 7) is 0. The molecule has 1 N–H and O–H groups in total. The molecule has 94 valence electrons. The van der Waals surface area contributed by atoms with Crippen LogP contribution in [0.1, 0.15) is 0 Å². The first-order valence-corrected chi connectivity index (χ1v) is 7.96. The minimum atomic E-state index is -3.64. The zero-order chi connectivity index (χ0) is 13.2. The van der Waals surface area contributed by atoms with Crippen molar-refractivity contribution in [1.82, 2.24) is 0 Å². The molecule has 0 aliphatic carbocycles. The van der Waals surface area contributed by atoms with Crippen LogP contribution in [-0.4, -0.2) is 8.42 Å². The van der Waals surface area contributed by atoms with Gasteiger partial charge in [0.25, 0.3) is 10.0 Å². The molecule has 0 aliphatic heterocycles. The van der Waals surface area contributed by atoms with E-state index in [1.165, 1.54) is 6.07 Å². The molecular weight excluding hydrogens is 385 g/mol. The normalized spacial score (nSPS) is 11.2. The van der Waals surface area contributed by atoms with Gasteiger partial charge in [0.1, 0.15) is 4.90 Å². The van der Waals surface area contributed by atoms with Gasteiger partial charge >= 0.3 is 0 Å². The van der Waals surface area contributed by atoms with Crippen LogP contribution >= 0.6 is 34.2 Å². The van der Waals surface area contributed by atoms with Crippen molar-refractivity contribution in [1.29, 1.82) is 0 Å². The molecule has 0 bridgehead atoms. The molecule has 18 heavy (non-hydrogen) atoms. The number of benzene rings is 2. The molecule has 0 atom stereocenters. The first kappa shape index (κ1) is 13.6. The van der Waals surface area contributed by atoms with Crippen LogP contribution in [0, 0.1) is 3.57 Å². The van der Waals surface area contributed by atoms with Crippen molar-refractivity contribution in [3.8, 4) is 0 Å². The molecule has 0 radical (unpaired) electrons. The molecule has 0 amide bonds. The van der Waals surface area contributed by atoms with E-state index in [2.05, 4.69) is 27.3 Å². The molecule has 0 heterocycles. The molecule has 0 unspecified atom stereocenters. The van der Waals surface area contributed by atoms with Crippen molar-refractivity contribution in [3.05, 3.63) is 57.1 Å². The molecule has 0 spiro atoms. The van der Waals surface area contributed by atoms with Gasteiger partial charge in [0, 0.05) is 9.26 Å². The summed E-state index contributed by atoms with van der Waals surface area (Å²) in [5.41, 5.74) is 0.510. The maximum atomic E-state index is 12.1. The van der Waals surface area contributed by atoms with Gasteiger partial charge in [-0.05, 0) is 59.0 Å². The van der Waals surface area contributed by atoms with E-state index in [1.54, 1.807) is 30.3 Å². The van der Waals surface area contributed by atoms with Crippen LogP contribution in [0.3, 0.4) is 0 Å². The molecule has 0 aliphatic rings. The fraction of sp³-hybridized carbons (Fsp3) is 0. The van der Waals surface area contributed by atoms with Gasteiger partial charge in [-0.25, -0.2) is 8.42 Å². The predicted octanol–water partition coefficient (Wildman–Crippen LogP) is 3.75. The van der Waals surface area contributed by atoms with Crippen LogP contribution in [0.2, 0.25) is 5.02 Å². The van der Waals surface area contributed by atoms with Gasteiger partial charge in [-0.2, -0.15) is 0 Å². The van der Waals surface area contributed by atoms with Gasteiger partial charge < -0.3 is 0 Å². The Labute approximate surface area is 124 Å². The summed E-state index contributed by atoms with van der Waals surface area (Å²) in [5, 5.41) is 0.204. The van der Waals surface area contributed by atoms with Gasteiger partial charge in [-0.3, -0.25) is 4.72 Å². The minimum absolute atomic E-state index is 0.0743. The van der Waals surface area contributed by atoms with Crippen molar-refractivity contribution in [2.45, 2.75) is 4.90 Å². The van der Waals surface area contributed by atoms with Crippen molar-refractivity contribution in [3.63, 3.8) is 0 Å². The van der Waals surface area contributed by atoms with E-state index in [0.717, 1.165) is 3.57 Å². The van der Waals surface area contributed by atoms with Crippen molar-refractivity contribution < 1.29 is 8.42 Å². The molecule has 0 fully saturated rings. The summed E-state index contributed by atoms with van der Waals surface area (Å²) in [6, 6.07) is 13.4. The number of rotatable bonds is 3. The minimum Gasteiger partial charge on any atom is -0.280 e. The second-order valence-corrected chi connectivity index (χ2v) is 6.85. The van der Waals surface area contributed by atoms with E-state index in [1.807, 2.05) is 12.1 Å². The van der Waals surface area contributed by atoms with E-state index >= 15 is 0 Å². The second-order valence-electron chi connectivity index (χ2n) is 3.54. The van der Waals surface area contributed by atoms with E-state index in [-0.39, 0.29) is 9.92 Å². The Balaban J connectivity index is 2.33. The Morgan fingerprint density at radius 1 is 1.00 bits per heavy atom. The quantitative estimate of drug-likeness (QED) is 0.808. The number of nitrogens with one attached hydrogen (secondary N) is 1. The maximum Gasteiger partial charge on any atom is 0.263 e. The monoisotopic (exact) mass is 393 g/mol. The number of halogens is 2. The molecule has 2 rings (SSSR count). The highest BCUT2D eigenvalue weighted by atomic mass is 127. The largest absolute Gasteiger partial charge is 0.280 e. The van der Waals surface area contributed by atoms with Crippen LogP contribution in [-0.2, 0) is 10.0 Å². The summed E-state index contributed by atoms with van der Waals surface area (Å²) in [4.78, 5) is 0.0743. The van der Waals surface area contributed by atoms with Crippen molar-refractivity contribution >= 4 is 49.9 Å². The Kier molecular flexibility index (Phi) is 4.14. The summed E-state index contributed by atoms with van der Waals surface area (Å²) in [6.07, 6.45) is 0. The number of hydrogen-bond acceptors (Lipinski definition) is 2. The summed E-state index contributed by atoms with van der Waals surface area (Å²) >= 11 is 8.03. The molecule has 2 aromatic carbocycles. The molecule has 0 saturated carbocycles. The number of sulfonamides is 1. The maximum absolute atomic E-state index is 12.1. The standard InChI is InChI=1S/C12H9ClINO2S/c13-11-3-1-2-4-12(11)18(16,17)15-10-7-5-9(14)6-8-10/h1-8,15H. The fourth-order valence-electron chi connectivity index (χ4n) is 1.39. The average molecular weight is 394 g/mol. The molecule has 0 saturated heterocycles. The van der Waals surface area contributed by atoms with Crippen LogP contribution < -0.4 is 4.72 Å². The van der Waals surface area contributed by atoms with Gasteiger partial charge in [0.15, 0.2) is 0 Å². The lowest BCUT2D eigenvalue weighted by molar-refractivity contribution is 0.601. The Morgan fingerprint density at radius 3 is 2.22 bits per heavy atom. The number of anilines is 1. The summed E-state index contributed by atoms with van der Waals surface area (Å²) < 4.78 is 27.7. The third-order valence-corrected chi connectivity index (χ3v) is 4.82. The first-order chi connectivity index (χ1) is 8.49. The highest BCUT2D eigenvalue weighted by molar-refractivity contribution is 14.1. The van der Waals surface area contributed by atoms with Crippen LogP contribution in [0.25, 0.3) is 0 Å². The van der Waals surface area contributed by atoms with Crippen molar-refractivity contribution in [2.75, 3.05) is 4.72 Å². The van der Waals surface area contributed by atoms with Gasteiger partial charge in [0.05, 0.1) is 5.02 Å². The lowest BCUT2D eigenvalue weighted by Crippen LogP contribution is -2.13. The lowest BCUT2D eigenvalue weighted by atomic mass is 10.3. The Morgan fingerprint density at radius 2 is 1.61 bits per heavy atom. The zero-order valence-corrected chi connectivity index (χ0v) is 12.8. The highest BCUT2D eigenvalue weighted by Crippen LogP contribution is 2.23. The van der Waals surface area contributed by atoms with Crippen molar-refractivity contribution in [2.24, 2.45) is 0 Å². The van der Waals surface area contributed by atoms with Gasteiger partial charge in [0.2, 0.25) is 0 Å². The Hall–Kier alpha value is -0.790. The second kappa shape index (κ2) is 5.46. The summed E-state index contributed by atoms with van der Waals surface area (Å²) in [7, 11) is -3.64. The number of hydrogen-bond donors (Lipinski definition) is 1. The van der Waals surface area contributed by atoms with Crippen LogP contribution in [0.4, 0.5) is 5.69 Å². The predicted molar refractivity (Wildman–Crippen MR) is 81.4 cm³/mol. The lowest BCUT2D eigenvalue weighted by Gasteiger charge is -2.09. The van der Waals surface area contributed by atoms with Gasteiger partial charge in [-0.1, -0.05) is 23.7 Å².